The first-order chi connectivity index (χ1) is 13.9. The number of ether oxygens (including phenoxy) is 1. The van der Waals surface area contributed by atoms with E-state index in [9.17, 15) is 10.1 Å². The van der Waals surface area contributed by atoms with Crippen LogP contribution in [0.4, 0.5) is 0 Å². The van der Waals surface area contributed by atoms with Crippen molar-refractivity contribution in [2.75, 3.05) is 12.9 Å². The lowest BCUT2D eigenvalue weighted by atomic mass is 10.1. The standard InChI is InChI=1S/C22H23N3O3S/c1-14-8-17(12-27-4)20(10-23)22(24-14)29-13-21(26)19-9-15(2)25(16(19)3)11-18-6-5-7-28-18/h5-9H,11-13H2,1-4H3. The van der Waals surface area contributed by atoms with Gasteiger partial charge in [-0.3, -0.25) is 4.79 Å². The van der Waals surface area contributed by atoms with Gasteiger partial charge < -0.3 is 13.7 Å². The van der Waals surface area contributed by atoms with Gasteiger partial charge >= 0.3 is 0 Å². The number of furan rings is 1. The van der Waals surface area contributed by atoms with Crippen LogP contribution in [0.2, 0.25) is 0 Å². The molecule has 0 saturated carbocycles. The van der Waals surface area contributed by atoms with Crippen LogP contribution < -0.4 is 0 Å². The number of aromatic nitrogens is 2. The van der Waals surface area contributed by atoms with Gasteiger partial charge in [-0.15, -0.1) is 0 Å². The molecule has 29 heavy (non-hydrogen) atoms. The highest BCUT2D eigenvalue weighted by molar-refractivity contribution is 8.00. The summed E-state index contributed by atoms with van der Waals surface area (Å²) >= 11 is 1.29. The Morgan fingerprint density at radius 2 is 2.14 bits per heavy atom. The van der Waals surface area contributed by atoms with Crippen molar-refractivity contribution >= 4 is 17.5 Å². The first-order valence-corrected chi connectivity index (χ1v) is 10.2. The summed E-state index contributed by atoms with van der Waals surface area (Å²) in [6, 6.07) is 9.72. The minimum absolute atomic E-state index is 0.00859. The van der Waals surface area contributed by atoms with Gasteiger partial charge in [-0.25, -0.2) is 4.98 Å². The maximum atomic E-state index is 12.9. The summed E-state index contributed by atoms with van der Waals surface area (Å²) in [7, 11) is 1.59. The SMILES string of the molecule is COCc1cc(C)nc(SCC(=O)c2cc(C)n(Cc3ccco3)c2C)c1C#N. The molecule has 3 aromatic rings. The second-order valence-electron chi connectivity index (χ2n) is 6.81. The van der Waals surface area contributed by atoms with E-state index in [1.807, 2.05) is 45.0 Å². The third-order valence-electron chi connectivity index (χ3n) is 4.72. The number of ketones is 1. The number of aryl methyl sites for hydroxylation is 2. The highest BCUT2D eigenvalue weighted by Crippen LogP contribution is 2.26. The molecule has 0 aromatic carbocycles. The van der Waals surface area contributed by atoms with Crippen LogP contribution in [0.15, 0.2) is 40.0 Å². The van der Waals surface area contributed by atoms with Crippen LogP contribution >= 0.6 is 11.8 Å². The normalized spacial score (nSPS) is 10.9. The van der Waals surface area contributed by atoms with E-state index in [4.69, 9.17) is 9.15 Å². The number of nitrogens with zero attached hydrogens (tertiary/aromatic N) is 3. The van der Waals surface area contributed by atoms with Gasteiger partial charge in [-0.05, 0) is 50.6 Å². The summed E-state index contributed by atoms with van der Waals surface area (Å²) in [4.78, 5) is 17.4. The van der Waals surface area contributed by atoms with Gasteiger partial charge in [-0.2, -0.15) is 5.26 Å². The fourth-order valence-corrected chi connectivity index (χ4v) is 4.25. The number of pyridine rings is 1. The van der Waals surface area contributed by atoms with E-state index in [0.29, 0.717) is 29.3 Å². The number of hydrogen-bond donors (Lipinski definition) is 0. The van der Waals surface area contributed by atoms with Gasteiger partial charge in [0.15, 0.2) is 5.78 Å². The first-order valence-electron chi connectivity index (χ1n) is 9.19. The number of hydrogen-bond acceptors (Lipinski definition) is 6. The molecule has 0 fully saturated rings. The van der Waals surface area contributed by atoms with Crippen molar-refractivity contribution in [2.45, 2.75) is 38.9 Å². The highest BCUT2D eigenvalue weighted by Gasteiger charge is 2.19. The lowest BCUT2D eigenvalue weighted by Crippen LogP contribution is -2.08. The molecular weight excluding hydrogens is 386 g/mol. The Hall–Kier alpha value is -2.82. The van der Waals surface area contributed by atoms with Crippen molar-refractivity contribution in [3.63, 3.8) is 0 Å². The van der Waals surface area contributed by atoms with Crippen molar-refractivity contribution in [3.8, 4) is 6.07 Å². The monoisotopic (exact) mass is 409 g/mol. The van der Waals surface area contributed by atoms with E-state index in [1.165, 1.54) is 11.8 Å². The van der Waals surface area contributed by atoms with Crippen LogP contribution in [-0.2, 0) is 17.9 Å². The first kappa shape index (κ1) is 20.9. The molecule has 0 aliphatic rings. The molecule has 3 rings (SSSR count). The van der Waals surface area contributed by atoms with Crippen molar-refractivity contribution in [2.24, 2.45) is 0 Å². The van der Waals surface area contributed by atoms with Gasteiger partial charge in [-0.1, -0.05) is 11.8 Å². The zero-order valence-electron chi connectivity index (χ0n) is 17.0. The maximum Gasteiger partial charge on any atom is 0.174 e. The number of carbonyl (C=O) groups excluding carboxylic acids is 1. The molecule has 150 valence electrons. The van der Waals surface area contributed by atoms with Crippen LogP contribution in [0.3, 0.4) is 0 Å². The highest BCUT2D eigenvalue weighted by atomic mass is 32.2. The molecular formula is C22H23N3O3S. The molecule has 0 spiro atoms. The van der Waals surface area contributed by atoms with E-state index in [0.717, 1.165) is 28.4 Å². The lowest BCUT2D eigenvalue weighted by molar-refractivity contribution is 0.102. The van der Waals surface area contributed by atoms with E-state index in [2.05, 4.69) is 15.6 Å². The van der Waals surface area contributed by atoms with Gasteiger partial charge in [0.05, 0.1) is 30.7 Å². The van der Waals surface area contributed by atoms with Crippen LogP contribution in [0.1, 0.15) is 44.3 Å². The third kappa shape index (κ3) is 4.61. The topological polar surface area (TPSA) is 81.0 Å². The number of rotatable bonds is 8. The predicted octanol–water partition coefficient (Wildman–Crippen LogP) is 4.44. The Kier molecular flexibility index (Phi) is 6.57. The molecule has 0 N–H and O–H groups in total. The molecule has 0 amide bonds. The van der Waals surface area contributed by atoms with E-state index in [1.54, 1.807) is 13.4 Å². The number of thioether (sulfide) groups is 1. The van der Waals surface area contributed by atoms with Gasteiger partial charge in [0.2, 0.25) is 0 Å². The van der Waals surface area contributed by atoms with Crippen LogP contribution in [0, 0.1) is 32.1 Å². The Morgan fingerprint density at radius 1 is 1.34 bits per heavy atom. The summed E-state index contributed by atoms with van der Waals surface area (Å²) in [5.74, 6) is 1.06. The average Bonchev–Trinajstić information content (AvgIpc) is 3.30. The van der Waals surface area contributed by atoms with Crippen molar-refractivity contribution in [1.29, 1.82) is 5.26 Å². The average molecular weight is 410 g/mol. The summed E-state index contributed by atoms with van der Waals surface area (Å²) in [5, 5.41) is 10.1. The van der Waals surface area contributed by atoms with Crippen molar-refractivity contribution < 1.29 is 13.9 Å². The molecule has 6 nitrogen and oxygen atoms in total. The van der Waals surface area contributed by atoms with Gasteiger partial charge in [0.1, 0.15) is 16.9 Å². The quantitative estimate of drug-likeness (QED) is 0.404. The summed E-state index contributed by atoms with van der Waals surface area (Å²) in [6.45, 7) is 6.71. The second-order valence-corrected chi connectivity index (χ2v) is 7.77. The number of carbonyl (C=O) groups is 1. The largest absolute Gasteiger partial charge is 0.467 e. The third-order valence-corrected chi connectivity index (χ3v) is 5.69. The van der Waals surface area contributed by atoms with E-state index < -0.39 is 0 Å². The Morgan fingerprint density at radius 3 is 2.79 bits per heavy atom. The predicted molar refractivity (Wildman–Crippen MR) is 111 cm³/mol. The van der Waals surface area contributed by atoms with Crippen LogP contribution in [-0.4, -0.2) is 28.2 Å². The van der Waals surface area contributed by atoms with Gasteiger partial charge in [0, 0.05) is 29.8 Å². The summed E-state index contributed by atoms with van der Waals surface area (Å²) < 4.78 is 12.7. The minimum Gasteiger partial charge on any atom is -0.467 e. The van der Waals surface area contributed by atoms with E-state index >= 15 is 0 Å². The Bertz CT molecular complexity index is 1060. The fourth-order valence-electron chi connectivity index (χ4n) is 3.30. The molecule has 0 unspecified atom stereocenters. The van der Waals surface area contributed by atoms with E-state index in [-0.39, 0.29) is 11.5 Å². The summed E-state index contributed by atoms with van der Waals surface area (Å²) in [6.07, 6.45) is 1.64. The lowest BCUT2D eigenvalue weighted by Gasteiger charge is -2.10. The molecule has 0 saturated heterocycles. The fraction of sp³-hybridized carbons (Fsp3) is 0.318. The molecule has 0 aliphatic heterocycles. The molecule has 0 radical (unpaired) electrons. The molecule has 3 aromatic heterocycles. The smallest absolute Gasteiger partial charge is 0.174 e. The zero-order valence-corrected chi connectivity index (χ0v) is 17.8. The summed E-state index contributed by atoms with van der Waals surface area (Å²) in [5.41, 5.74) is 4.64. The molecule has 0 aliphatic carbocycles. The number of Topliss-reactive ketones (excluding diaryl/α,β-unsaturated/α-hetero) is 1. The van der Waals surface area contributed by atoms with Crippen molar-refractivity contribution in [1.82, 2.24) is 9.55 Å². The van der Waals surface area contributed by atoms with Crippen LogP contribution in [0.25, 0.3) is 0 Å². The molecule has 3 heterocycles. The Balaban J connectivity index is 1.79. The molecule has 0 atom stereocenters. The Labute approximate surface area is 174 Å². The molecule has 7 heteroatoms. The number of nitriles is 1. The number of methoxy groups -OCH3 is 1. The molecule has 0 bridgehead atoms. The van der Waals surface area contributed by atoms with Crippen molar-refractivity contribution in [3.05, 3.63) is 70.1 Å². The maximum absolute atomic E-state index is 12.9. The second kappa shape index (κ2) is 9.12. The zero-order chi connectivity index (χ0) is 21.0. The van der Waals surface area contributed by atoms with Gasteiger partial charge in [0.25, 0.3) is 0 Å². The minimum atomic E-state index is 0.00859. The van der Waals surface area contributed by atoms with Crippen LogP contribution in [0.5, 0.6) is 0 Å².